The summed E-state index contributed by atoms with van der Waals surface area (Å²) < 4.78 is 37.0. The van der Waals surface area contributed by atoms with Crippen LogP contribution in [0.3, 0.4) is 0 Å². The molecule has 1 N–H and O–H groups in total. The van der Waals surface area contributed by atoms with Crippen molar-refractivity contribution in [3.63, 3.8) is 0 Å². The Balaban J connectivity index is 1.86. The molecule has 38 heavy (non-hydrogen) atoms. The molecule has 1 aliphatic heterocycles. The van der Waals surface area contributed by atoms with E-state index >= 15 is 0 Å². The number of nitrogens with one attached hydrogen (secondary N) is 1. The number of fused-ring (bicyclic) bond motifs is 1. The zero-order valence-electron chi connectivity index (χ0n) is 22.0. The average Bonchev–Trinajstić information content (AvgIpc) is 3.30. The van der Waals surface area contributed by atoms with Gasteiger partial charge in [0.05, 0.1) is 25.0 Å². The van der Waals surface area contributed by atoms with Crippen LogP contribution in [0.5, 0.6) is 5.75 Å². The molecule has 0 bridgehead atoms. The van der Waals surface area contributed by atoms with E-state index in [0.29, 0.717) is 23.6 Å². The SMILES string of the molecule is COCCNC(=O)c1cc(OC)ccc1-n1nc(S(C)(=O)=O)c2c1C(=O)N(c1ccc(N(C)C)cc1)CC2. The molecule has 4 rings (SSSR count). The molecule has 3 aromatic rings. The van der Waals surface area contributed by atoms with Gasteiger partial charge < -0.3 is 24.6 Å². The topological polar surface area (TPSA) is 123 Å². The van der Waals surface area contributed by atoms with Crippen LogP contribution < -0.4 is 19.9 Å². The number of benzene rings is 2. The maximum atomic E-state index is 13.9. The second-order valence-corrected chi connectivity index (χ2v) is 11.0. The van der Waals surface area contributed by atoms with Gasteiger partial charge in [-0.2, -0.15) is 5.10 Å². The maximum Gasteiger partial charge on any atom is 0.277 e. The molecule has 2 aromatic carbocycles. The van der Waals surface area contributed by atoms with Gasteiger partial charge >= 0.3 is 0 Å². The first-order chi connectivity index (χ1) is 18.1. The molecular formula is C26H31N5O6S. The Morgan fingerprint density at radius 3 is 2.45 bits per heavy atom. The van der Waals surface area contributed by atoms with Crippen molar-refractivity contribution in [1.29, 1.82) is 0 Å². The summed E-state index contributed by atoms with van der Waals surface area (Å²) in [7, 11) is 3.09. The van der Waals surface area contributed by atoms with Crippen LogP contribution in [0, 0.1) is 0 Å². The maximum absolute atomic E-state index is 13.9. The Morgan fingerprint density at radius 1 is 1.13 bits per heavy atom. The van der Waals surface area contributed by atoms with Gasteiger partial charge in [-0.15, -0.1) is 0 Å². The third-order valence-electron chi connectivity index (χ3n) is 6.28. The highest BCUT2D eigenvalue weighted by molar-refractivity contribution is 7.90. The zero-order chi connectivity index (χ0) is 27.6. The summed E-state index contributed by atoms with van der Waals surface area (Å²) in [6, 6.07) is 12.2. The molecule has 12 heteroatoms. The Morgan fingerprint density at radius 2 is 1.84 bits per heavy atom. The minimum absolute atomic E-state index is 0.101. The minimum Gasteiger partial charge on any atom is -0.497 e. The predicted molar refractivity (Wildman–Crippen MR) is 144 cm³/mol. The highest BCUT2D eigenvalue weighted by Crippen LogP contribution is 2.33. The summed E-state index contributed by atoms with van der Waals surface area (Å²) in [6.45, 7) is 0.849. The Kier molecular flexibility index (Phi) is 7.74. The van der Waals surface area contributed by atoms with Crippen molar-refractivity contribution in [2.24, 2.45) is 0 Å². The molecular weight excluding hydrogens is 510 g/mol. The van der Waals surface area contributed by atoms with Gasteiger partial charge in [0.2, 0.25) is 0 Å². The first-order valence-corrected chi connectivity index (χ1v) is 13.8. The monoisotopic (exact) mass is 541 g/mol. The molecule has 1 aliphatic rings. The molecule has 202 valence electrons. The Bertz CT molecular complexity index is 1460. The third-order valence-corrected chi connectivity index (χ3v) is 7.31. The van der Waals surface area contributed by atoms with E-state index in [1.807, 2.05) is 43.3 Å². The van der Waals surface area contributed by atoms with Crippen molar-refractivity contribution >= 4 is 33.0 Å². The molecule has 2 heterocycles. The second kappa shape index (κ2) is 10.8. The van der Waals surface area contributed by atoms with Crippen LogP contribution in [0.15, 0.2) is 47.5 Å². The number of aromatic nitrogens is 2. The summed E-state index contributed by atoms with van der Waals surface area (Å²) in [5.41, 5.74) is 2.51. The number of hydrogen-bond acceptors (Lipinski definition) is 8. The number of carbonyl (C=O) groups is 2. The number of methoxy groups -OCH3 is 2. The van der Waals surface area contributed by atoms with Crippen molar-refractivity contribution in [2.45, 2.75) is 11.4 Å². The fourth-order valence-corrected chi connectivity index (χ4v) is 5.22. The van der Waals surface area contributed by atoms with E-state index in [-0.39, 0.29) is 41.5 Å². The number of amides is 2. The average molecular weight is 542 g/mol. The molecule has 0 spiro atoms. The fraction of sp³-hybridized carbons (Fsp3) is 0.346. The lowest BCUT2D eigenvalue weighted by molar-refractivity contribution is 0.0933. The molecule has 2 amide bonds. The second-order valence-electron chi connectivity index (χ2n) is 9.07. The van der Waals surface area contributed by atoms with Gasteiger partial charge in [0.1, 0.15) is 11.4 Å². The number of ether oxygens (including phenoxy) is 2. The first-order valence-electron chi connectivity index (χ1n) is 11.9. The number of carbonyl (C=O) groups excluding carboxylic acids is 2. The lowest BCUT2D eigenvalue weighted by Gasteiger charge is -2.28. The van der Waals surface area contributed by atoms with Crippen molar-refractivity contribution in [3.05, 3.63) is 59.3 Å². The molecule has 0 aliphatic carbocycles. The van der Waals surface area contributed by atoms with Crippen LogP contribution >= 0.6 is 0 Å². The molecule has 0 saturated heterocycles. The van der Waals surface area contributed by atoms with Crippen molar-refractivity contribution < 1.29 is 27.5 Å². The van der Waals surface area contributed by atoms with Gasteiger partial charge in [-0.3, -0.25) is 9.59 Å². The number of sulfone groups is 1. The highest BCUT2D eigenvalue weighted by atomic mass is 32.2. The molecule has 0 atom stereocenters. The summed E-state index contributed by atoms with van der Waals surface area (Å²) >= 11 is 0. The molecule has 0 radical (unpaired) electrons. The summed E-state index contributed by atoms with van der Waals surface area (Å²) in [6.07, 6.45) is 1.34. The lowest BCUT2D eigenvalue weighted by Crippen LogP contribution is -2.39. The van der Waals surface area contributed by atoms with E-state index in [0.717, 1.165) is 11.9 Å². The van der Waals surface area contributed by atoms with E-state index in [1.54, 1.807) is 17.0 Å². The molecule has 0 unspecified atom stereocenters. The van der Waals surface area contributed by atoms with E-state index in [4.69, 9.17) is 9.47 Å². The minimum atomic E-state index is -3.77. The summed E-state index contributed by atoms with van der Waals surface area (Å²) in [5.74, 6) is -0.433. The van der Waals surface area contributed by atoms with Gasteiger partial charge in [-0.25, -0.2) is 13.1 Å². The van der Waals surface area contributed by atoms with Crippen LogP contribution in [0.25, 0.3) is 5.69 Å². The number of nitrogens with zero attached hydrogens (tertiary/aromatic N) is 4. The summed E-state index contributed by atoms with van der Waals surface area (Å²) in [5, 5.41) is 6.96. The van der Waals surface area contributed by atoms with E-state index in [2.05, 4.69) is 10.4 Å². The largest absolute Gasteiger partial charge is 0.497 e. The first kappa shape index (κ1) is 27.1. The normalized spacial score (nSPS) is 13.3. The number of rotatable bonds is 9. The van der Waals surface area contributed by atoms with Gasteiger partial charge in [-0.1, -0.05) is 0 Å². The van der Waals surface area contributed by atoms with Gasteiger partial charge in [-0.05, 0) is 48.9 Å². The summed E-state index contributed by atoms with van der Waals surface area (Å²) in [4.78, 5) is 30.6. The van der Waals surface area contributed by atoms with E-state index < -0.39 is 21.7 Å². The van der Waals surface area contributed by atoms with Crippen LogP contribution in [-0.4, -0.2) is 84.3 Å². The fourth-order valence-electron chi connectivity index (χ4n) is 4.35. The predicted octanol–water partition coefficient (Wildman–Crippen LogP) is 1.93. The van der Waals surface area contributed by atoms with Crippen molar-refractivity contribution in [1.82, 2.24) is 15.1 Å². The van der Waals surface area contributed by atoms with Gasteiger partial charge in [0.25, 0.3) is 11.8 Å². The van der Waals surface area contributed by atoms with Gasteiger partial charge in [0.15, 0.2) is 14.9 Å². The Hall–Kier alpha value is -3.90. The number of hydrogen-bond donors (Lipinski definition) is 1. The van der Waals surface area contributed by atoms with E-state index in [1.165, 1.54) is 25.0 Å². The molecule has 11 nitrogen and oxygen atoms in total. The standard InChI is InChI=1S/C26H31N5O6S/c1-29(2)17-6-8-18(9-7-17)30-14-12-20-23(26(30)33)31(28-25(20)38(5,34)35)22-11-10-19(37-4)16-21(22)24(32)27-13-15-36-3/h6-11,16H,12-15H2,1-5H3,(H,27,32). The molecule has 0 fully saturated rings. The van der Waals surface area contributed by atoms with Crippen LogP contribution in [0.2, 0.25) is 0 Å². The van der Waals surface area contributed by atoms with Crippen LogP contribution in [0.4, 0.5) is 11.4 Å². The highest BCUT2D eigenvalue weighted by Gasteiger charge is 2.36. The third kappa shape index (κ3) is 5.22. The van der Waals surface area contributed by atoms with Gasteiger partial charge in [0, 0.05) is 57.5 Å². The lowest BCUT2D eigenvalue weighted by atomic mass is 10.0. The van der Waals surface area contributed by atoms with Crippen LogP contribution in [0.1, 0.15) is 26.4 Å². The Labute approximate surface area is 221 Å². The number of anilines is 2. The van der Waals surface area contributed by atoms with Crippen molar-refractivity contribution in [3.8, 4) is 11.4 Å². The van der Waals surface area contributed by atoms with Crippen LogP contribution in [-0.2, 0) is 21.0 Å². The quantitative estimate of drug-likeness (QED) is 0.408. The van der Waals surface area contributed by atoms with Crippen molar-refractivity contribution in [2.75, 3.05) is 64.1 Å². The smallest absolute Gasteiger partial charge is 0.277 e. The van der Waals surface area contributed by atoms with E-state index in [9.17, 15) is 18.0 Å². The zero-order valence-corrected chi connectivity index (χ0v) is 22.8. The molecule has 1 aromatic heterocycles. The molecule has 0 saturated carbocycles.